The third-order valence-electron chi connectivity index (χ3n) is 5.20. The van der Waals surface area contributed by atoms with Crippen molar-refractivity contribution in [3.8, 4) is 0 Å². The Morgan fingerprint density at radius 2 is 2.07 bits per heavy atom. The third-order valence-corrected chi connectivity index (χ3v) is 5.43. The molecule has 1 aliphatic rings. The summed E-state index contributed by atoms with van der Waals surface area (Å²) in [5.74, 6) is 0.828. The van der Waals surface area contributed by atoms with Gasteiger partial charge in [0.05, 0.1) is 13.2 Å². The van der Waals surface area contributed by atoms with Gasteiger partial charge in [0.1, 0.15) is 0 Å². The number of hydrogen-bond acceptors (Lipinski definition) is 3. The van der Waals surface area contributed by atoms with Crippen LogP contribution in [0.2, 0.25) is 5.02 Å². The molecule has 3 N–H and O–H groups in total. The Labute approximate surface area is 166 Å². The smallest absolute Gasteiger partial charge is 0.191 e. The van der Waals surface area contributed by atoms with E-state index in [4.69, 9.17) is 16.3 Å². The molecule has 0 saturated carbocycles. The van der Waals surface area contributed by atoms with Crippen molar-refractivity contribution in [3.63, 3.8) is 0 Å². The summed E-state index contributed by atoms with van der Waals surface area (Å²) in [6.07, 6.45) is 2.95. The molecule has 7 heteroatoms. The number of rotatable bonds is 6. The second-order valence-electron chi connectivity index (χ2n) is 7.52. The summed E-state index contributed by atoms with van der Waals surface area (Å²) in [5, 5.41) is 8.82. The SMILES string of the molecule is CN=C(NCCc1c[nH]c2ccc(Cl)cc12)NCC(C)(C)N1CCOCC1. The molecule has 1 fully saturated rings. The molecule has 0 unspecified atom stereocenters. The number of hydrogen-bond donors (Lipinski definition) is 3. The second kappa shape index (κ2) is 8.95. The highest BCUT2D eigenvalue weighted by Crippen LogP contribution is 2.22. The van der Waals surface area contributed by atoms with E-state index in [-0.39, 0.29) is 5.54 Å². The first-order chi connectivity index (χ1) is 13.0. The van der Waals surface area contributed by atoms with E-state index in [9.17, 15) is 0 Å². The maximum atomic E-state index is 6.13. The van der Waals surface area contributed by atoms with Gasteiger partial charge >= 0.3 is 0 Å². The van der Waals surface area contributed by atoms with E-state index in [1.165, 1.54) is 10.9 Å². The molecular formula is C20H30ClN5O. The lowest BCUT2D eigenvalue weighted by molar-refractivity contribution is -0.00833. The van der Waals surface area contributed by atoms with Crippen LogP contribution in [0.1, 0.15) is 19.4 Å². The van der Waals surface area contributed by atoms with E-state index in [0.29, 0.717) is 0 Å². The summed E-state index contributed by atoms with van der Waals surface area (Å²) in [4.78, 5) is 10.1. The van der Waals surface area contributed by atoms with Gasteiger partial charge in [0.15, 0.2) is 5.96 Å². The number of aromatic amines is 1. The average molecular weight is 392 g/mol. The molecule has 1 aromatic heterocycles. The largest absolute Gasteiger partial charge is 0.379 e. The number of halogens is 1. The van der Waals surface area contributed by atoms with Crippen molar-refractivity contribution in [1.29, 1.82) is 0 Å². The normalized spacial score (nSPS) is 16.7. The number of benzene rings is 1. The van der Waals surface area contributed by atoms with E-state index in [0.717, 1.165) is 62.3 Å². The minimum Gasteiger partial charge on any atom is -0.379 e. The molecule has 0 atom stereocenters. The number of H-pyrrole nitrogens is 1. The Hall–Kier alpha value is -1.76. The number of ether oxygens (including phenoxy) is 1. The van der Waals surface area contributed by atoms with Crippen LogP contribution < -0.4 is 10.6 Å². The first kappa shape index (κ1) is 20.0. The monoisotopic (exact) mass is 391 g/mol. The van der Waals surface area contributed by atoms with Crippen molar-refractivity contribution in [2.24, 2.45) is 4.99 Å². The van der Waals surface area contributed by atoms with Gasteiger partial charge in [0, 0.05) is 60.9 Å². The van der Waals surface area contributed by atoms with Crippen LogP contribution in [-0.4, -0.2) is 67.8 Å². The molecule has 0 aliphatic carbocycles. The molecule has 1 saturated heterocycles. The van der Waals surface area contributed by atoms with Gasteiger partial charge in [-0.1, -0.05) is 11.6 Å². The van der Waals surface area contributed by atoms with E-state index in [2.05, 4.69) is 45.6 Å². The molecule has 148 valence electrons. The minimum atomic E-state index is 0.0506. The number of morpholine rings is 1. The van der Waals surface area contributed by atoms with Crippen LogP contribution in [0.3, 0.4) is 0 Å². The number of fused-ring (bicyclic) bond motifs is 1. The van der Waals surface area contributed by atoms with E-state index in [1.807, 2.05) is 25.2 Å². The molecule has 1 aliphatic heterocycles. The minimum absolute atomic E-state index is 0.0506. The first-order valence-electron chi connectivity index (χ1n) is 9.52. The highest BCUT2D eigenvalue weighted by Gasteiger charge is 2.28. The average Bonchev–Trinajstić information content (AvgIpc) is 3.07. The van der Waals surface area contributed by atoms with Crippen molar-refractivity contribution >= 4 is 28.5 Å². The van der Waals surface area contributed by atoms with Gasteiger partial charge in [-0.25, -0.2) is 0 Å². The van der Waals surface area contributed by atoms with Crippen molar-refractivity contribution in [1.82, 2.24) is 20.5 Å². The maximum Gasteiger partial charge on any atom is 0.191 e. The van der Waals surface area contributed by atoms with Gasteiger partial charge in [0.2, 0.25) is 0 Å². The van der Waals surface area contributed by atoms with E-state index < -0.39 is 0 Å². The van der Waals surface area contributed by atoms with Crippen LogP contribution in [0.25, 0.3) is 10.9 Å². The number of aliphatic imine (C=N–C) groups is 1. The van der Waals surface area contributed by atoms with Gasteiger partial charge in [-0.15, -0.1) is 0 Å². The number of nitrogens with one attached hydrogen (secondary N) is 3. The number of nitrogens with zero attached hydrogens (tertiary/aromatic N) is 2. The Morgan fingerprint density at radius 1 is 1.30 bits per heavy atom. The predicted octanol–water partition coefficient (Wildman–Crippen LogP) is 2.64. The summed E-state index contributed by atoms with van der Waals surface area (Å²) in [6, 6.07) is 5.94. The fraction of sp³-hybridized carbons (Fsp3) is 0.550. The Kier molecular flexibility index (Phi) is 6.63. The fourth-order valence-electron chi connectivity index (χ4n) is 3.47. The van der Waals surface area contributed by atoms with Crippen LogP contribution in [0.4, 0.5) is 0 Å². The molecule has 1 aromatic carbocycles. The van der Waals surface area contributed by atoms with Gasteiger partial charge in [0.25, 0.3) is 0 Å². The molecule has 27 heavy (non-hydrogen) atoms. The van der Waals surface area contributed by atoms with Gasteiger partial charge < -0.3 is 20.4 Å². The van der Waals surface area contributed by atoms with Crippen LogP contribution in [0.5, 0.6) is 0 Å². The first-order valence-corrected chi connectivity index (χ1v) is 9.90. The summed E-state index contributed by atoms with van der Waals surface area (Å²) in [7, 11) is 1.81. The fourth-order valence-corrected chi connectivity index (χ4v) is 3.65. The number of aromatic nitrogens is 1. The molecule has 2 heterocycles. The van der Waals surface area contributed by atoms with Crippen molar-refractivity contribution in [3.05, 3.63) is 35.0 Å². The lowest BCUT2D eigenvalue weighted by Gasteiger charge is -2.41. The summed E-state index contributed by atoms with van der Waals surface area (Å²) in [5.41, 5.74) is 2.42. The van der Waals surface area contributed by atoms with Crippen LogP contribution in [0.15, 0.2) is 29.4 Å². The highest BCUT2D eigenvalue weighted by molar-refractivity contribution is 6.31. The topological polar surface area (TPSA) is 64.7 Å². The zero-order valence-corrected chi connectivity index (χ0v) is 17.2. The maximum absolute atomic E-state index is 6.13. The summed E-state index contributed by atoms with van der Waals surface area (Å²) >= 11 is 6.13. The van der Waals surface area contributed by atoms with Crippen LogP contribution in [-0.2, 0) is 11.2 Å². The molecule has 0 amide bonds. The van der Waals surface area contributed by atoms with Crippen LogP contribution in [0, 0.1) is 0 Å². The molecule has 0 radical (unpaired) electrons. The standard InChI is InChI=1S/C20H30ClN5O/c1-20(2,26-8-10-27-11-9-26)14-25-19(22-3)23-7-6-15-13-24-18-5-4-16(21)12-17(15)18/h4-5,12-13,24H,6-11,14H2,1-3H3,(H2,22,23,25). The molecule has 2 aromatic rings. The van der Waals surface area contributed by atoms with Gasteiger partial charge in [-0.3, -0.25) is 9.89 Å². The van der Waals surface area contributed by atoms with Crippen molar-refractivity contribution in [2.45, 2.75) is 25.8 Å². The Balaban J connectivity index is 1.49. The Bertz CT molecular complexity index is 780. The van der Waals surface area contributed by atoms with Gasteiger partial charge in [-0.05, 0) is 44.0 Å². The van der Waals surface area contributed by atoms with Crippen molar-refractivity contribution in [2.75, 3.05) is 46.4 Å². The zero-order valence-electron chi connectivity index (χ0n) is 16.4. The number of guanidine groups is 1. The molecule has 3 rings (SSSR count). The quantitative estimate of drug-likeness (QED) is 0.523. The third kappa shape index (κ3) is 5.15. The predicted molar refractivity (Wildman–Crippen MR) is 113 cm³/mol. The van der Waals surface area contributed by atoms with E-state index >= 15 is 0 Å². The van der Waals surface area contributed by atoms with Crippen molar-refractivity contribution < 1.29 is 4.74 Å². The highest BCUT2D eigenvalue weighted by atomic mass is 35.5. The van der Waals surface area contributed by atoms with Crippen LogP contribution >= 0.6 is 11.6 Å². The lowest BCUT2D eigenvalue weighted by atomic mass is 10.0. The molecule has 0 spiro atoms. The molecule has 0 bridgehead atoms. The van der Waals surface area contributed by atoms with Gasteiger partial charge in [-0.2, -0.15) is 0 Å². The van der Waals surface area contributed by atoms with E-state index in [1.54, 1.807) is 0 Å². The molecule has 6 nitrogen and oxygen atoms in total. The zero-order chi connectivity index (χ0) is 19.3. The molecular weight excluding hydrogens is 362 g/mol. The Morgan fingerprint density at radius 3 is 2.81 bits per heavy atom. The lowest BCUT2D eigenvalue weighted by Crippen LogP contribution is -2.56. The summed E-state index contributed by atoms with van der Waals surface area (Å²) in [6.45, 7) is 9.72. The second-order valence-corrected chi connectivity index (χ2v) is 7.95. The summed E-state index contributed by atoms with van der Waals surface area (Å²) < 4.78 is 5.46.